The van der Waals surface area contributed by atoms with Crippen LogP contribution in [0.2, 0.25) is 0 Å². The molecule has 0 aliphatic carbocycles. The highest BCUT2D eigenvalue weighted by atomic mass is 32.2. The van der Waals surface area contributed by atoms with Gasteiger partial charge < -0.3 is 4.79 Å². The molecule has 0 radical (unpaired) electrons. The van der Waals surface area contributed by atoms with Crippen LogP contribution in [0, 0.1) is 0 Å². The minimum Gasteiger partial charge on any atom is -0.303 e. The fraction of sp³-hybridized carbons (Fsp3) is 0.875. The third-order valence-corrected chi connectivity index (χ3v) is 2.87. The quantitative estimate of drug-likeness (QED) is 0.438. The Morgan fingerprint density at radius 1 is 1.60 bits per heavy atom. The molecular weight excluding hydrogens is 144 g/mol. The Balaban J connectivity index is 2.95. The Labute approximate surface area is 67.6 Å². The lowest BCUT2D eigenvalue weighted by Gasteiger charge is -2.05. The molecule has 0 N–H and O–H groups in total. The number of carbonyl (C=O) groups is 1. The van der Waals surface area contributed by atoms with Gasteiger partial charge in [-0.15, -0.1) is 0 Å². The molecule has 0 aliphatic rings. The highest BCUT2D eigenvalue weighted by Crippen LogP contribution is 2.14. The van der Waals surface area contributed by atoms with Gasteiger partial charge >= 0.3 is 0 Å². The molecular formula is C8H16OS. The fourth-order valence-electron chi connectivity index (χ4n) is 0.569. The lowest BCUT2D eigenvalue weighted by molar-refractivity contribution is -0.107. The van der Waals surface area contributed by atoms with Crippen LogP contribution in [0.5, 0.6) is 0 Å². The van der Waals surface area contributed by atoms with E-state index in [2.05, 4.69) is 13.8 Å². The monoisotopic (exact) mass is 160 g/mol. The lowest BCUT2D eigenvalue weighted by atomic mass is 10.4. The summed E-state index contributed by atoms with van der Waals surface area (Å²) in [6.45, 7) is 4.42. The van der Waals surface area contributed by atoms with E-state index in [1.165, 1.54) is 6.42 Å². The van der Waals surface area contributed by atoms with Gasteiger partial charge in [-0.25, -0.2) is 0 Å². The Bertz CT molecular complexity index is 83.3. The molecule has 60 valence electrons. The number of thioether (sulfide) groups is 1. The summed E-state index contributed by atoms with van der Waals surface area (Å²) >= 11 is 1.96. The smallest absolute Gasteiger partial charge is 0.120 e. The minimum atomic E-state index is 0.726. The average molecular weight is 160 g/mol. The van der Waals surface area contributed by atoms with Crippen LogP contribution in [0.15, 0.2) is 0 Å². The lowest BCUT2D eigenvalue weighted by Crippen LogP contribution is -1.94. The van der Waals surface area contributed by atoms with Crippen molar-refractivity contribution in [1.29, 1.82) is 0 Å². The predicted octanol–water partition coefficient (Wildman–Crippen LogP) is 2.50. The van der Waals surface area contributed by atoms with Gasteiger partial charge in [-0.3, -0.25) is 0 Å². The molecule has 1 atom stereocenters. The number of rotatable bonds is 6. The standard InChI is InChI=1S/C8H16OS/c1-3-8(2)10-7-5-4-6-9/h6,8H,3-5,7H2,1-2H3. The molecule has 0 bridgehead atoms. The van der Waals surface area contributed by atoms with Gasteiger partial charge in [0.1, 0.15) is 6.29 Å². The van der Waals surface area contributed by atoms with Crippen molar-refractivity contribution in [1.82, 2.24) is 0 Å². The van der Waals surface area contributed by atoms with E-state index < -0.39 is 0 Å². The summed E-state index contributed by atoms with van der Waals surface area (Å²) in [5, 5.41) is 0.756. The van der Waals surface area contributed by atoms with Gasteiger partial charge in [-0.1, -0.05) is 13.8 Å². The highest BCUT2D eigenvalue weighted by molar-refractivity contribution is 7.99. The zero-order chi connectivity index (χ0) is 7.82. The van der Waals surface area contributed by atoms with Crippen LogP contribution in [0.4, 0.5) is 0 Å². The predicted molar refractivity (Wildman–Crippen MR) is 47.5 cm³/mol. The fourth-order valence-corrected chi connectivity index (χ4v) is 1.54. The van der Waals surface area contributed by atoms with Crippen molar-refractivity contribution in [3.8, 4) is 0 Å². The van der Waals surface area contributed by atoms with E-state index in [0.717, 1.165) is 30.1 Å². The molecule has 0 fully saturated rings. The van der Waals surface area contributed by atoms with Crippen molar-refractivity contribution in [3.05, 3.63) is 0 Å². The molecule has 2 heteroatoms. The second-order valence-corrected chi connectivity index (χ2v) is 3.94. The third kappa shape index (κ3) is 6.14. The maximum Gasteiger partial charge on any atom is 0.120 e. The molecule has 0 aromatic heterocycles. The number of carbonyl (C=O) groups excluding carboxylic acids is 1. The van der Waals surface area contributed by atoms with Gasteiger partial charge in [0.15, 0.2) is 0 Å². The first-order valence-electron chi connectivity index (χ1n) is 3.86. The summed E-state index contributed by atoms with van der Waals surface area (Å²) in [6.07, 6.45) is 3.99. The second kappa shape index (κ2) is 7.13. The van der Waals surface area contributed by atoms with Crippen molar-refractivity contribution in [2.45, 2.75) is 38.4 Å². The van der Waals surface area contributed by atoms with Crippen LogP contribution < -0.4 is 0 Å². The second-order valence-electron chi connectivity index (χ2n) is 2.40. The number of hydrogen-bond acceptors (Lipinski definition) is 2. The maximum atomic E-state index is 9.91. The number of hydrogen-bond donors (Lipinski definition) is 0. The molecule has 1 unspecified atom stereocenters. The van der Waals surface area contributed by atoms with Crippen molar-refractivity contribution in [2.75, 3.05) is 5.75 Å². The van der Waals surface area contributed by atoms with Gasteiger partial charge in [-0.2, -0.15) is 11.8 Å². The van der Waals surface area contributed by atoms with Crippen molar-refractivity contribution in [2.24, 2.45) is 0 Å². The van der Waals surface area contributed by atoms with Crippen molar-refractivity contribution >= 4 is 18.0 Å². The maximum absolute atomic E-state index is 9.91. The minimum absolute atomic E-state index is 0.726. The molecule has 10 heavy (non-hydrogen) atoms. The molecule has 0 aromatic carbocycles. The van der Waals surface area contributed by atoms with Crippen LogP contribution in [0.25, 0.3) is 0 Å². The van der Waals surface area contributed by atoms with Crippen LogP contribution in [0.1, 0.15) is 33.1 Å². The number of unbranched alkanes of at least 4 members (excludes halogenated alkanes) is 1. The molecule has 0 rings (SSSR count). The molecule has 0 aromatic rings. The van der Waals surface area contributed by atoms with Crippen molar-refractivity contribution in [3.63, 3.8) is 0 Å². The molecule has 0 saturated heterocycles. The highest BCUT2D eigenvalue weighted by Gasteiger charge is 1.96. The Morgan fingerprint density at radius 2 is 2.30 bits per heavy atom. The van der Waals surface area contributed by atoms with E-state index in [9.17, 15) is 4.79 Å². The normalized spacial score (nSPS) is 13.0. The average Bonchev–Trinajstić information content (AvgIpc) is 1.98. The summed E-state index contributed by atoms with van der Waals surface area (Å²) in [4.78, 5) is 9.91. The zero-order valence-corrected chi connectivity index (χ0v) is 7.62. The van der Waals surface area contributed by atoms with Gasteiger partial charge in [0, 0.05) is 11.7 Å². The van der Waals surface area contributed by atoms with Crippen LogP contribution >= 0.6 is 11.8 Å². The molecule has 0 amide bonds. The summed E-state index contributed by atoms with van der Waals surface area (Å²) in [5.74, 6) is 1.13. The zero-order valence-electron chi connectivity index (χ0n) is 6.80. The third-order valence-electron chi connectivity index (χ3n) is 1.44. The largest absolute Gasteiger partial charge is 0.303 e. The first-order chi connectivity index (χ1) is 4.81. The van der Waals surface area contributed by atoms with Crippen molar-refractivity contribution < 1.29 is 4.79 Å². The van der Waals surface area contributed by atoms with E-state index in [1.54, 1.807) is 0 Å². The Kier molecular flexibility index (Phi) is 7.15. The van der Waals surface area contributed by atoms with Gasteiger partial charge in [0.25, 0.3) is 0 Å². The summed E-state index contributed by atoms with van der Waals surface area (Å²) in [7, 11) is 0. The van der Waals surface area contributed by atoms with E-state index in [0.29, 0.717) is 0 Å². The van der Waals surface area contributed by atoms with Crippen LogP contribution in [-0.2, 0) is 4.79 Å². The number of aldehydes is 1. The molecule has 0 saturated carbocycles. The van der Waals surface area contributed by atoms with Crippen LogP contribution in [0.3, 0.4) is 0 Å². The van der Waals surface area contributed by atoms with E-state index >= 15 is 0 Å². The Morgan fingerprint density at radius 3 is 2.80 bits per heavy atom. The molecule has 0 spiro atoms. The molecule has 1 nitrogen and oxygen atoms in total. The molecule has 0 heterocycles. The SMILES string of the molecule is CCC(C)SCCCC=O. The van der Waals surface area contributed by atoms with Gasteiger partial charge in [0.2, 0.25) is 0 Å². The summed E-state index contributed by atoms with van der Waals surface area (Å²) < 4.78 is 0. The first-order valence-corrected chi connectivity index (χ1v) is 4.91. The van der Waals surface area contributed by atoms with E-state index in [-0.39, 0.29) is 0 Å². The summed E-state index contributed by atoms with van der Waals surface area (Å²) in [6, 6.07) is 0. The van der Waals surface area contributed by atoms with Gasteiger partial charge in [-0.05, 0) is 18.6 Å². The Hall–Kier alpha value is 0.0200. The summed E-state index contributed by atoms with van der Waals surface area (Å²) in [5.41, 5.74) is 0. The molecule has 0 aliphatic heterocycles. The first kappa shape index (κ1) is 10.0. The van der Waals surface area contributed by atoms with E-state index in [1.807, 2.05) is 11.8 Å². The van der Waals surface area contributed by atoms with Crippen LogP contribution in [-0.4, -0.2) is 17.3 Å². The van der Waals surface area contributed by atoms with E-state index in [4.69, 9.17) is 0 Å². The topological polar surface area (TPSA) is 17.1 Å². The van der Waals surface area contributed by atoms with Gasteiger partial charge in [0.05, 0.1) is 0 Å².